The van der Waals surface area contributed by atoms with E-state index in [1.165, 1.54) is 6.42 Å². The van der Waals surface area contributed by atoms with Crippen LogP contribution in [0.5, 0.6) is 0 Å². The van der Waals surface area contributed by atoms with Crippen LogP contribution in [0.4, 0.5) is 0 Å². The molecule has 0 saturated heterocycles. The van der Waals surface area contributed by atoms with Gasteiger partial charge < -0.3 is 19.7 Å². The van der Waals surface area contributed by atoms with Crippen LogP contribution in [0, 0.1) is 11.8 Å². The van der Waals surface area contributed by atoms with E-state index in [9.17, 15) is 15.0 Å². The minimum atomic E-state index is -0.878. The Kier molecular flexibility index (Phi) is 4.32. The highest BCUT2D eigenvalue weighted by molar-refractivity contribution is 5.87. The monoisotopic (exact) mass is 324 g/mol. The molecule has 4 atom stereocenters. The lowest BCUT2D eigenvalue weighted by Gasteiger charge is -2.60. The molecule has 4 aliphatic carbocycles. The first-order valence-electron chi connectivity index (χ1n) is 8.61. The molecule has 4 bridgehead atoms. The summed E-state index contributed by atoms with van der Waals surface area (Å²) in [6.07, 6.45) is 3.93. The van der Waals surface area contributed by atoms with Gasteiger partial charge in [0.25, 0.3) is 0 Å². The number of carbonyl (C=O) groups excluding carboxylic acids is 1. The Morgan fingerprint density at radius 2 is 1.78 bits per heavy atom. The molecular weight excluding hydrogens is 296 g/mol. The number of aliphatic hydroxyl groups is 2. The minimum absolute atomic E-state index is 0.127. The summed E-state index contributed by atoms with van der Waals surface area (Å²) in [7, 11) is 0. The predicted molar refractivity (Wildman–Crippen MR) is 84.7 cm³/mol. The van der Waals surface area contributed by atoms with Crippen LogP contribution in [-0.4, -0.2) is 46.2 Å². The lowest BCUT2D eigenvalue weighted by atomic mass is 9.52. The second kappa shape index (κ2) is 5.87. The molecule has 4 saturated carbocycles. The standard InChI is InChI=1S/C18H28O5/c1-11(2)16(21)23-18-7-13-4-14(8-18)6-17(5-13,10-18)22-9-15(20)12(3)19/h12-15,19-20H,1,4-10H2,2-3H3. The maximum Gasteiger partial charge on any atom is 0.333 e. The Hall–Kier alpha value is -0.910. The van der Waals surface area contributed by atoms with Crippen LogP contribution >= 0.6 is 0 Å². The van der Waals surface area contributed by atoms with E-state index in [2.05, 4.69) is 6.58 Å². The second-order valence-electron chi connectivity index (χ2n) is 8.12. The molecule has 4 fully saturated rings. The largest absolute Gasteiger partial charge is 0.456 e. The normalized spacial score (nSPS) is 40.7. The van der Waals surface area contributed by atoms with Crippen molar-refractivity contribution in [3.8, 4) is 0 Å². The van der Waals surface area contributed by atoms with Crippen molar-refractivity contribution in [3.05, 3.63) is 12.2 Å². The van der Waals surface area contributed by atoms with Crippen LogP contribution in [0.1, 0.15) is 52.4 Å². The molecule has 130 valence electrons. The van der Waals surface area contributed by atoms with Crippen molar-refractivity contribution in [1.29, 1.82) is 0 Å². The SMILES string of the molecule is C=C(C)C(=O)OC12CC3CC(CC(OCC(O)C(C)O)(C3)C1)C2. The number of hydrogen-bond donors (Lipinski definition) is 2. The Balaban J connectivity index is 1.73. The van der Waals surface area contributed by atoms with E-state index >= 15 is 0 Å². The van der Waals surface area contributed by atoms with E-state index in [4.69, 9.17) is 9.47 Å². The van der Waals surface area contributed by atoms with E-state index in [1.54, 1.807) is 13.8 Å². The summed E-state index contributed by atoms with van der Waals surface area (Å²) in [4.78, 5) is 12.1. The van der Waals surface area contributed by atoms with Crippen molar-refractivity contribution in [2.75, 3.05) is 6.61 Å². The van der Waals surface area contributed by atoms with Crippen LogP contribution < -0.4 is 0 Å². The Morgan fingerprint density at radius 1 is 1.22 bits per heavy atom. The zero-order valence-corrected chi connectivity index (χ0v) is 14.1. The zero-order valence-electron chi connectivity index (χ0n) is 14.1. The quantitative estimate of drug-likeness (QED) is 0.577. The maximum atomic E-state index is 12.1. The smallest absolute Gasteiger partial charge is 0.333 e. The lowest BCUT2D eigenvalue weighted by molar-refractivity contribution is -0.238. The summed E-state index contributed by atoms with van der Waals surface area (Å²) in [6, 6.07) is 0. The molecule has 0 spiro atoms. The van der Waals surface area contributed by atoms with E-state index < -0.39 is 17.8 Å². The molecule has 0 aliphatic heterocycles. The van der Waals surface area contributed by atoms with Crippen molar-refractivity contribution in [1.82, 2.24) is 0 Å². The van der Waals surface area contributed by atoms with Crippen LogP contribution in [0.3, 0.4) is 0 Å². The highest BCUT2D eigenvalue weighted by Crippen LogP contribution is 2.60. The minimum Gasteiger partial charge on any atom is -0.456 e. The number of esters is 1. The lowest BCUT2D eigenvalue weighted by Crippen LogP contribution is -2.61. The van der Waals surface area contributed by atoms with Gasteiger partial charge in [-0.1, -0.05) is 6.58 Å². The molecule has 0 radical (unpaired) electrons. The Labute approximate surface area is 137 Å². The first-order chi connectivity index (χ1) is 10.7. The molecule has 23 heavy (non-hydrogen) atoms. The Bertz CT molecular complexity index is 484. The van der Waals surface area contributed by atoms with Gasteiger partial charge in [-0.05, 0) is 57.8 Å². The first-order valence-corrected chi connectivity index (χ1v) is 8.61. The fraction of sp³-hybridized carbons (Fsp3) is 0.833. The summed E-state index contributed by atoms with van der Waals surface area (Å²) < 4.78 is 12.0. The van der Waals surface area contributed by atoms with Crippen molar-refractivity contribution in [3.63, 3.8) is 0 Å². The van der Waals surface area contributed by atoms with Gasteiger partial charge in [0.15, 0.2) is 0 Å². The molecule has 0 aromatic carbocycles. The molecule has 0 amide bonds. The van der Waals surface area contributed by atoms with Crippen LogP contribution in [0.25, 0.3) is 0 Å². The van der Waals surface area contributed by atoms with Gasteiger partial charge in [-0.15, -0.1) is 0 Å². The molecule has 5 nitrogen and oxygen atoms in total. The average molecular weight is 324 g/mol. The van der Waals surface area contributed by atoms with Gasteiger partial charge >= 0.3 is 5.97 Å². The van der Waals surface area contributed by atoms with Gasteiger partial charge in [0, 0.05) is 12.0 Å². The number of hydrogen-bond acceptors (Lipinski definition) is 5. The average Bonchev–Trinajstić information content (AvgIpc) is 2.42. The van der Waals surface area contributed by atoms with Crippen LogP contribution in [-0.2, 0) is 14.3 Å². The van der Waals surface area contributed by atoms with E-state index in [0.29, 0.717) is 23.8 Å². The fourth-order valence-electron chi connectivity index (χ4n) is 5.07. The summed E-state index contributed by atoms with van der Waals surface area (Å²) in [5.41, 5.74) is -0.328. The molecule has 4 rings (SSSR count). The number of ether oxygens (including phenoxy) is 2. The topological polar surface area (TPSA) is 76.0 Å². The third-order valence-electron chi connectivity index (χ3n) is 5.73. The molecule has 0 heterocycles. The molecule has 4 unspecified atom stereocenters. The second-order valence-corrected chi connectivity index (χ2v) is 8.12. The van der Waals surface area contributed by atoms with Crippen LogP contribution in [0.15, 0.2) is 12.2 Å². The number of carbonyl (C=O) groups is 1. The van der Waals surface area contributed by atoms with Crippen molar-refractivity contribution in [2.45, 2.75) is 75.8 Å². The molecule has 5 heteroatoms. The van der Waals surface area contributed by atoms with Gasteiger partial charge in [0.2, 0.25) is 0 Å². The highest BCUT2D eigenvalue weighted by Gasteiger charge is 2.60. The third-order valence-corrected chi connectivity index (χ3v) is 5.73. The molecule has 2 N–H and O–H groups in total. The van der Waals surface area contributed by atoms with Gasteiger partial charge in [-0.2, -0.15) is 0 Å². The van der Waals surface area contributed by atoms with Gasteiger partial charge in [-0.3, -0.25) is 0 Å². The van der Waals surface area contributed by atoms with Gasteiger partial charge in [-0.25, -0.2) is 4.79 Å². The molecular formula is C18H28O5. The molecule has 0 aromatic rings. The summed E-state index contributed by atoms with van der Waals surface area (Å²) in [5.74, 6) is 0.710. The first kappa shape index (κ1) is 16.9. The zero-order chi connectivity index (χ0) is 16.8. The Morgan fingerprint density at radius 3 is 2.30 bits per heavy atom. The highest BCUT2D eigenvalue weighted by atomic mass is 16.6. The summed E-state index contributed by atoms with van der Waals surface area (Å²) in [6.45, 7) is 7.04. The summed E-state index contributed by atoms with van der Waals surface area (Å²) in [5, 5.41) is 19.3. The van der Waals surface area contributed by atoms with E-state index in [-0.39, 0.29) is 18.2 Å². The molecule has 4 aliphatic rings. The van der Waals surface area contributed by atoms with E-state index in [1.807, 2.05) is 0 Å². The molecule has 0 aromatic heterocycles. The maximum absolute atomic E-state index is 12.1. The van der Waals surface area contributed by atoms with Crippen molar-refractivity contribution >= 4 is 5.97 Å². The van der Waals surface area contributed by atoms with Crippen molar-refractivity contribution in [2.24, 2.45) is 11.8 Å². The van der Waals surface area contributed by atoms with Gasteiger partial charge in [0.05, 0.1) is 18.3 Å². The van der Waals surface area contributed by atoms with Gasteiger partial charge in [0.1, 0.15) is 11.7 Å². The summed E-state index contributed by atoms with van der Waals surface area (Å²) >= 11 is 0. The fourth-order valence-corrected chi connectivity index (χ4v) is 5.07. The van der Waals surface area contributed by atoms with Crippen molar-refractivity contribution < 1.29 is 24.5 Å². The predicted octanol–water partition coefficient (Wildman–Crippen LogP) is 1.96. The third kappa shape index (κ3) is 3.32. The van der Waals surface area contributed by atoms with E-state index in [0.717, 1.165) is 25.7 Å². The number of aliphatic hydroxyl groups excluding tert-OH is 2. The van der Waals surface area contributed by atoms with Crippen LogP contribution in [0.2, 0.25) is 0 Å². The number of rotatable bonds is 6.